The minimum atomic E-state index is -0.462. The highest BCUT2D eigenvalue weighted by atomic mass is 32.2. The molecule has 7 nitrogen and oxygen atoms in total. The van der Waals surface area contributed by atoms with Crippen LogP contribution in [0.5, 0.6) is 0 Å². The minimum absolute atomic E-state index is 0.000901. The van der Waals surface area contributed by atoms with Crippen molar-refractivity contribution in [2.75, 3.05) is 37.9 Å². The molecule has 0 aromatic rings. The summed E-state index contributed by atoms with van der Waals surface area (Å²) in [6.07, 6.45) is 0.913. The number of morpholine rings is 1. The highest BCUT2D eigenvalue weighted by molar-refractivity contribution is 7.99. The van der Waals surface area contributed by atoms with Gasteiger partial charge in [-0.05, 0) is 6.42 Å². The number of hydrogen-bond acceptors (Lipinski definition) is 5. The molecule has 0 spiro atoms. The summed E-state index contributed by atoms with van der Waals surface area (Å²) in [6, 6.07) is -0.866. The lowest BCUT2D eigenvalue weighted by Crippen LogP contribution is -2.54. The van der Waals surface area contributed by atoms with Crippen LogP contribution in [-0.4, -0.2) is 77.5 Å². The fourth-order valence-corrected chi connectivity index (χ4v) is 4.01. The normalized spacial score (nSPS) is 29.6. The minimum Gasteiger partial charge on any atom is -0.378 e. The quantitative estimate of drug-likeness (QED) is 0.709. The predicted molar refractivity (Wildman–Crippen MR) is 76.5 cm³/mol. The van der Waals surface area contributed by atoms with Crippen molar-refractivity contribution in [3.8, 4) is 0 Å². The van der Waals surface area contributed by atoms with Crippen LogP contribution in [0.4, 0.5) is 0 Å². The van der Waals surface area contributed by atoms with E-state index in [2.05, 4.69) is 5.32 Å². The number of amides is 3. The molecule has 3 aliphatic rings. The van der Waals surface area contributed by atoms with Crippen LogP contribution >= 0.6 is 11.8 Å². The number of carbonyl (C=O) groups excluding carboxylic acids is 3. The van der Waals surface area contributed by atoms with Gasteiger partial charge in [-0.2, -0.15) is 0 Å². The van der Waals surface area contributed by atoms with Crippen LogP contribution in [0.15, 0.2) is 0 Å². The summed E-state index contributed by atoms with van der Waals surface area (Å²) in [6.45, 7) is 2.28. The van der Waals surface area contributed by atoms with Gasteiger partial charge in [-0.1, -0.05) is 0 Å². The van der Waals surface area contributed by atoms with E-state index in [0.29, 0.717) is 50.8 Å². The monoisotopic (exact) mass is 313 g/mol. The molecule has 3 aliphatic heterocycles. The van der Waals surface area contributed by atoms with Crippen molar-refractivity contribution in [1.82, 2.24) is 15.1 Å². The van der Waals surface area contributed by atoms with Gasteiger partial charge in [-0.15, -0.1) is 11.8 Å². The maximum absolute atomic E-state index is 12.6. The molecular formula is C13H19N3O4S. The van der Waals surface area contributed by atoms with Crippen LogP contribution < -0.4 is 5.32 Å². The van der Waals surface area contributed by atoms with Gasteiger partial charge in [-0.25, -0.2) is 0 Å². The molecule has 3 amide bonds. The van der Waals surface area contributed by atoms with E-state index >= 15 is 0 Å². The summed E-state index contributed by atoms with van der Waals surface area (Å²) in [5.74, 6) is 0.934. The third-order valence-electron chi connectivity index (χ3n) is 4.07. The topological polar surface area (TPSA) is 79.0 Å². The zero-order valence-electron chi connectivity index (χ0n) is 11.7. The first-order valence-corrected chi connectivity index (χ1v) is 8.36. The molecule has 1 N–H and O–H groups in total. The third-order valence-corrected chi connectivity index (χ3v) is 5.08. The van der Waals surface area contributed by atoms with Crippen LogP contribution in [-0.2, 0) is 19.1 Å². The van der Waals surface area contributed by atoms with Gasteiger partial charge >= 0.3 is 0 Å². The molecule has 3 heterocycles. The van der Waals surface area contributed by atoms with Crippen molar-refractivity contribution in [2.24, 2.45) is 0 Å². The molecule has 3 saturated heterocycles. The summed E-state index contributed by atoms with van der Waals surface area (Å²) in [5, 5.41) is 2.69. The Morgan fingerprint density at radius 3 is 2.67 bits per heavy atom. The molecule has 8 heteroatoms. The second-order valence-electron chi connectivity index (χ2n) is 5.42. The highest BCUT2D eigenvalue weighted by Gasteiger charge is 2.41. The van der Waals surface area contributed by atoms with Gasteiger partial charge in [-0.3, -0.25) is 14.4 Å². The molecule has 3 fully saturated rings. The van der Waals surface area contributed by atoms with E-state index < -0.39 is 12.1 Å². The van der Waals surface area contributed by atoms with Crippen LogP contribution in [0.2, 0.25) is 0 Å². The largest absolute Gasteiger partial charge is 0.378 e. The van der Waals surface area contributed by atoms with Crippen LogP contribution in [0.1, 0.15) is 12.8 Å². The number of carbonyl (C=O) groups is 3. The predicted octanol–water partition coefficient (Wildman–Crippen LogP) is -0.975. The first kappa shape index (κ1) is 14.6. The molecule has 3 rings (SSSR count). The fourth-order valence-electron chi connectivity index (χ4n) is 2.86. The summed E-state index contributed by atoms with van der Waals surface area (Å²) >= 11 is 1.58. The van der Waals surface area contributed by atoms with E-state index in [0.717, 1.165) is 0 Å². The smallest absolute Gasteiger partial charge is 0.246 e. The second kappa shape index (κ2) is 6.23. The summed E-state index contributed by atoms with van der Waals surface area (Å²) in [5.41, 5.74) is 0. The molecular weight excluding hydrogens is 294 g/mol. The van der Waals surface area contributed by atoms with Crippen LogP contribution in [0.3, 0.4) is 0 Å². The summed E-state index contributed by atoms with van der Waals surface area (Å²) in [4.78, 5) is 39.7. The van der Waals surface area contributed by atoms with E-state index in [1.54, 1.807) is 21.6 Å². The average Bonchev–Trinajstić information content (AvgIpc) is 3.15. The van der Waals surface area contributed by atoms with Gasteiger partial charge in [0.15, 0.2) is 0 Å². The van der Waals surface area contributed by atoms with Crippen molar-refractivity contribution in [3.63, 3.8) is 0 Å². The highest BCUT2D eigenvalue weighted by Crippen LogP contribution is 2.25. The lowest BCUT2D eigenvalue weighted by atomic mass is 10.1. The summed E-state index contributed by atoms with van der Waals surface area (Å²) in [7, 11) is 0. The van der Waals surface area contributed by atoms with Crippen molar-refractivity contribution >= 4 is 29.5 Å². The van der Waals surface area contributed by atoms with Gasteiger partial charge in [0.05, 0.1) is 19.1 Å². The second-order valence-corrected chi connectivity index (χ2v) is 6.42. The Hall–Kier alpha value is -1.28. The molecule has 21 heavy (non-hydrogen) atoms. The Bertz CT molecular complexity index is 453. The maximum Gasteiger partial charge on any atom is 0.246 e. The van der Waals surface area contributed by atoms with Crippen molar-refractivity contribution in [3.05, 3.63) is 0 Å². The molecule has 0 aromatic heterocycles. The number of rotatable bonds is 2. The number of nitrogens with one attached hydrogen (secondary N) is 1. The number of hydrogen-bond donors (Lipinski definition) is 1. The Morgan fingerprint density at radius 1 is 1.24 bits per heavy atom. The zero-order valence-corrected chi connectivity index (χ0v) is 12.6. The first-order chi connectivity index (χ1) is 10.2. The van der Waals surface area contributed by atoms with E-state index in [-0.39, 0.29) is 17.7 Å². The molecule has 0 saturated carbocycles. The van der Waals surface area contributed by atoms with Crippen molar-refractivity contribution < 1.29 is 19.1 Å². The number of nitrogens with zero attached hydrogens (tertiary/aromatic N) is 2. The van der Waals surface area contributed by atoms with Gasteiger partial charge < -0.3 is 19.9 Å². The van der Waals surface area contributed by atoms with E-state index in [4.69, 9.17) is 4.74 Å². The van der Waals surface area contributed by atoms with Crippen molar-refractivity contribution in [2.45, 2.75) is 24.9 Å². The van der Waals surface area contributed by atoms with Crippen molar-refractivity contribution in [1.29, 1.82) is 0 Å². The van der Waals surface area contributed by atoms with Gasteiger partial charge in [0.25, 0.3) is 0 Å². The fraction of sp³-hybridized carbons (Fsp3) is 0.769. The zero-order chi connectivity index (χ0) is 14.8. The lowest BCUT2D eigenvalue weighted by molar-refractivity contribution is -0.146. The van der Waals surface area contributed by atoms with E-state index in [9.17, 15) is 14.4 Å². The Labute approximate surface area is 127 Å². The van der Waals surface area contributed by atoms with Crippen LogP contribution in [0.25, 0.3) is 0 Å². The average molecular weight is 313 g/mol. The SMILES string of the molecule is O=C1CC[C@@H](C(=O)N2CSC[C@H]2C(=O)N2CCOCC2)N1. The lowest BCUT2D eigenvalue weighted by Gasteiger charge is -2.32. The Morgan fingerprint density at radius 2 is 2.00 bits per heavy atom. The molecule has 0 aliphatic carbocycles. The molecule has 0 unspecified atom stereocenters. The Balaban J connectivity index is 1.65. The molecule has 0 bridgehead atoms. The van der Waals surface area contributed by atoms with E-state index in [1.165, 1.54) is 0 Å². The van der Waals surface area contributed by atoms with Gasteiger partial charge in [0.2, 0.25) is 17.7 Å². The summed E-state index contributed by atoms with van der Waals surface area (Å²) < 4.78 is 5.25. The van der Waals surface area contributed by atoms with Crippen LogP contribution in [0, 0.1) is 0 Å². The maximum atomic E-state index is 12.6. The molecule has 0 radical (unpaired) electrons. The van der Waals surface area contributed by atoms with Gasteiger partial charge in [0.1, 0.15) is 12.1 Å². The molecule has 2 atom stereocenters. The molecule has 0 aromatic carbocycles. The van der Waals surface area contributed by atoms with Gasteiger partial charge in [0, 0.05) is 25.3 Å². The number of ether oxygens (including phenoxy) is 1. The standard InChI is InChI=1S/C13H19N3O4S/c17-11-2-1-9(14-11)12(18)16-8-21-7-10(16)13(19)15-3-5-20-6-4-15/h9-10H,1-8H2,(H,14,17)/t9-,10-/m0/s1. The van der Waals surface area contributed by atoms with E-state index in [1.807, 2.05) is 0 Å². The number of thioether (sulfide) groups is 1. The third kappa shape index (κ3) is 3.01. The Kier molecular flexibility index (Phi) is 4.34. The first-order valence-electron chi connectivity index (χ1n) is 7.21. The molecule has 116 valence electrons.